The van der Waals surface area contributed by atoms with Gasteiger partial charge in [0, 0.05) is 16.7 Å². The first-order chi connectivity index (χ1) is 8.53. The minimum absolute atomic E-state index is 0.0855. The fourth-order valence-corrected chi connectivity index (χ4v) is 1.70. The van der Waals surface area contributed by atoms with Gasteiger partial charge in [-0.05, 0) is 49.7 Å². The molecule has 0 aromatic carbocycles. The van der Waals surface area contributed by atoms with Crippen LogP contribution in [0.4, 0.5) is 0 Å². The summed E-state index contributed by atoms with van der Waals surface area (Å²) >= 11 is 3.25. The van der Waals surface area contributed by atoms with Gasteiger partial charge in [-0.1, -0.05) is 0 Å². The highest BCUT2D eigenvalue weighted by Gasteiger charge is 2.36. The smallest absolute Gasteiger partial charge is 0.251 e. The van der Waals surface area contributed by atoms with Crippen LogP contribution in [0.1, 0.15) is 27.7 Å². The zero-order valence-corrected chi connectivity index (χ0v) is 13.1. The third kappa shape index (κ3) is 4.18. The Balaban J connectivity index is 2.82. The van der Waals surface area contributed by atoms with E-state index in [1.54, 1.807) is 40.0 Å². The van der Waals surface area contributed by atoms with Crippen molar-refractivity contribution in [2.75, 3.05) is 0 Å². The van der Waals surface area contributed by atoms with Crippen LogP contribution in [0.15, 0.2) is 27.6 Å². The molecule has 1 rings (SSSR count). The van der Waals surface area contributed by atoms with E-state index in [0.717, 1.165) is 4.47 Å². The number of amides is 1. The number of carbonyl (C=O) groups excluding carboxylic acids is 1. The molecule has 0 atom stereocenters. The van der Waals surface area contributed by atoms with E-state index < -0.39 is 11.1 Å². The van der Waals surface area contributed by atoms with Gasteiger partial charge in [0.15, 0.2) is 0 Å². The van der Waals surface area contributed by atoms with E-state index in [1.165, 1.54) is 10.6 Å². The van der Waals surface area contributed by atoms with Crippen molar-refractivity contribution in [1.29, 1.82) is 0 Å². The molecule has 0 radical (unpaired) electrons. The summed E-state index contributed by atoms with van der Waals surface area (Å²) in [5.41, 5.74) is -2.11. The van der Waals surface area contributed by atoms with Crippen LogP contribution in [0.5, 0.6) is 0 Å². The maximum atomic E-state index is 11.9. The van der Waals surface area contributed by atoms with Gasteiger partial charge in [-0.15, -0.1) is 0 Å². The molecule has 0 aliphatic rings. The first kappa shape index (κ1) is 15.9. The Morgan fingerprint density at radius 3 is 2.47 bits per heavy atom. The Hall–Kier alpha value is -1.14. The average molecular weight is 331 g/mol. The third-order valence-corrected chi connectivity index (χ3v) is 3.71. The molecule has 2 N–H and O–H groups in total. The van der Waals surface area contributed by atoms with Gasteiger partial charge in [0.2, 0.25) is 5.91 Å². The number of pyridine rings is 1. The van der Waals surface area contributed by atoms with Crippen LogP contribution in [0, 0.1) is 0 Å². The van der Waals surface area contributed by atoms with Crippen molar-refractivity contribution in [2.45, 2.75) is 45.4 Å². The number of aliphatic hydroxyl groups is 1. The summed E-state index contributed by atoms with van der Waals surface area (Å²) in [6, 6.07) is 3.01. The van der Waals surface area contributed by atoms with Crippen LogP contribution in [0.2, 0.25) is 0 Å². The Labute approximate surface area is 120 Å². The molecular formula is C13H19BrN2O3. The molecule has 0 spiro atoms. The molecule has 6 heteroatoms. The zero-order valence-electron chi connectivity index (χ0n) is 11.5. The molecule has 1 aromatic heterocycles. The van der Waals surface area contributed by atoms with E-state index in [2.05, 4.69) is 21.2 Å². The molecule has 0 saturated carbocycles. The highest BCUT2D eigenvalue weighted by Crippen LogP contribution is 2.20. The van der Waals surface area contributed by atoms with Gasteiger partial charge in [-0.3, -0.25) is 9.59 Å². The maximum Gasteiger partial charge on any atom is 0.251 e. The highest BCUT2D eigenvalue weighted by molar-refractivity contribution is 9.10. The van der Waals surface area contributed by atoms with Crippen LogP contribution in [-0.2, 0) is 11.3 Å². The summed E-state index contributed by atoms with van der Waals surface area (Å²) in [4.78, 5) is 23.5. The van der Waals surface area contributed by atoms with E-state index in [4.69, 9.17) is 0 Å². The van der Waals surface area contributed by atoms with Crippen molar-refractivity contribution in [3.63, 3.8) is 0 Å². The van der Waals surface area contributed by atoms with Gasteiger partial charge < -0.3 is 15.0 Å². The van der Waals surface area contributed by atoms with Crippen molar-refractivity contribution >= 4 is 21.8 Å². The topological polar surface area (TPSA) is 71.3 Å². The Morgan fingerprint density at radius 2 is 1.95 bits per heavy atom. The van der Waals surface area contributed by atoms with Crippen LogP contribution in [0.25, 0.3) is 0 Å². The fourth-order valence-electron chi connectivity index (χ4n) is 1.32. The molecule has 0 aliphatic carbocycles. The second-order valence-electron chi connectivity index (χ2n) is 5.55. The molecule has 0 fully saturated rings. The predicted octanol–water partition coefficient (Wildman–Crippen LogP) is 1.28. The molecule has 106 valence electrons. The highest BCUT2D eigenvalue weighted by atomic mass is 79.9. The minimum Gasteiger partial charge on any atom is -0.388 e. The number of aromatic nitrogens is 1. The van der Waals surface area contributed by atoms with E-state index in [1.807, 2.05) is 0 Å². The van der Waals surface area contributed by atoms with Gasteiger partial charge in [-0.25, -0.2) is 0 Å². The largest absolute Gasteiger partial charge is 0.388 e. The molecule has 5 nitrogen and oxygen atoms in total. The third-order valence-electron chi connectivity index (χ3n) is 3.24. The van der Waals surface area contributed by atoms with Gasteiger partial charge in [0.1, 0.15) is 6.54 Å². The number of hydrogen-bond acceptors (Lipinski definition) is 3. The van der Waals surface area contributed by atoms with Crippen molar-refractivity contribution in [2.24, 2.45) is 0 Å². The Morgan fingerprint density at radius 1 is 1.37 bits per heavy atom. The molecular weight excluding hydrogens is 312 g/mol. The van der Waals surface area contributed by atoms with Crippen LogP contribution >= 0.6 is 15.9 Å². The summed E-state index contributed by atoms with van der Waals surface area (Å²) in [5.74, 6) is -0.327. The lowest BCUT2D eigenvalue weighted by atomic mass is 9.86. The standard InChI is InChI=1S/C13H19BrN2O3/c1-12(2,13(3,4)19)15-10(17)8-16-7-9(14)5-6-11(16)18/h5-7,19H,8H2,1-4H3,(H,15,17). The minimum atomic E-state index is -1.06. The van der Waals surface area contributed by atoms with Crippen LogP contribution in [-0.4, -0.2) is 26.7 Å². The SMILES string of the molecule is CC(C)(O)C(C)(C)NC(=O)Cn1cc(Br)ccc1=O. The van der Waals surface area contributed by atoms with Gasteiger partial charge in [0.25, 0.3) is 5.56 Å². The van der Waals surface area contributed by atoms with Crippen LogP contribution < -0.4 is 10.9 Å². The van der Waals surface area contributed by atoms with E-state index >= 15 is 0 Å². The first-order valence-corrected chi connectivity index (χ1v) is 6.71. The fraction of sp³-hybridized carbons (Fsp3) is 0.538. The number of rotatable bonds is 4. The van der Waals surface area contributed by atoms with Crippen molar-refractivity contribution < 1.29 is 9.90 Å². The Bertz CT molecular complexity index is 529. The van der Waals surface area contributed by atoms with Gasteiger partial charge >= 0.3 is 0 Å². The molecule has 0 unspecified atom stereocenters. The molecule has 1 amide bonds. The molecule has 1 aromatic rings. The number of nitrogens with zero attached hydrogens (tertiary/aromatic N) is 1. The number of halogens is 1. The summed E-state index contributed by atoms with van der Waals surface area (Å²) in [6.07, 6.45) is 1.55. The summed E-state index contributed by atoms with van der Waals surface area (Å²) in [5, 5.41) is 12.7. The number of carbonyl (C=O) groups is 1. The van der Waals surface area contributed by atoms with Crippen molar-refractivity contribution in [3.8, 4) is 0 Å². The molecule has 0 aliphatic heterocycles. The summed E-state index contributed by atoms with van der Waals surface area (Å²) in [6.45, 7) is 6.62. The lowest BCUT2D eigenvalue weighted by Gasteiger charge is -2.38. The summed E-state index contributed by atoms with van der Waals surface area (Å²) in [7, 11) is 0. The zero-order chi connectivity index (χ0) is 14.8. The van der Waals surface area contributed by atoms with Crippen molar-refractivity contribution in [3.05, 3.63) is 33.2 Å². The molecule has 1 heterocycles. The maximum absolute atomic E-state index is 11.9. The lowest BCUT2D eigenvalue weighted by Crippen LogP contribution is -2.58. The van der Waals surface area contributed by atoms with E-state index in [9.17, 15) is 14.7 Å². The monoisotopic (exact) mass is 330 g/mol. The van der Waals surface area contributed by atoms with Crippen LogP contribution in [0.3, 0.4) is 0 Å². The van der Waals surface area contributed by atoms with E-state index in [0.29, 0.717) is 0 Å². The average Bonchev–Trinajstić information content (AvgIpc) is 2.21. The number of hydrogen-bond donors (Lipinski definition) is 2. The number of nitrogens with one attached hydrogen (secondary N) is 1. The molecule has 19 heavy (non-hydrogen) atoms. The summed E-state index contributed by atoms with van der Waals surface area (Å²) < 4.78 is 2.03. The Kier molecular flexibility index (Phi) is 4.58. The second kappa shape index (κ2) is 5.46. The second-order valence-corrected chi connectivity index (χ2v) is 6.46. The quantitative estimate of drug-likeness (QED) is 0.873. The van der Waals surface area contributed by atoms with Crippen molar-refractivity contribution in [1.82, 2.24) is 9.88 Å². The molecule has 0 bridgehead atoms. The van der Waals surface area contributed by atoms with Gasteiger partial charge in [0.05, 0.1) is 11.1 Å². The molecule has 0 saturated heterocycles. The predicted molar refractivity (Wildman–Crippen MR) is 76.9 cm³/mol. The first-order valence-electron chi connectivity index (χ1n) is 5.92. The normalized spacial score (nSPS) is 12.3. The lowest BCUT2D eigenvalue weighted by molar-refractivity contribution is -0.126. The van der Waals surface area contributed by atoms with E-state index in [-0.39, 0.29) is 18.0 Å². The van der Waals surface area contributed by atoms with Gasteiger partial charge in [-0.2, -0.15) is 0 Å².